The number of hydrogen-bond acceptors (Lipinski definition) is 5. The molecule has 0 unspecified atom stereocenters. The van der Waals surface area contributed by atoms with Crippen molar-refractivity contribution in [2.75, 3.05) is 12.8 Å². The number of carbonyl (C=O) groups is 2. The largest absolute Gasteiger partial charge is 0.496 e. The van der Waals surface area contributed by atoms with Gasteiger partial charge in [-0.3, -0.25) is 9.59 Å². The molecule has 0 saturated carbocycles. The minimum atomic E-state index is -4.73. The molecule has 2 amide bonds. The second-order valence-corrected chi connectivity index (χ2v) is 9.01. The first-order valence-corrected chi connectivity index (χ1v) is 11.2. The molecule has 2 heterocycles. The first kappa shape index (κ1) is 26.5. The number of ether oxygens (including phenoxy) is 1. The number of aromatic amines is 1. The van der Waals surface area contributed by atoms with Crippen LogP contribution in [0.5, 0.6) is 5.75 Å². The number of anilines is 1. The fourth-order valence-electron chi connectivity index (χ4n) is 4.11. The van der Waals surface area contributed by atoms with E-state index in [2.05, 4.69) is 15.4 Å². The van der Waals surface area contributed by atoms with Crippen LogP contribution in [-0.4, -0.2) is 39.9 Å². The number of alkyl halides is 3. The van der Waals surface area contributed by atoms with Crippen molar-refractivity contribution < 1.29 is 31.9 Å². The lowest BCUT2D eigenvalue weighted by molar-refractivity contribution is -0.205. The molecule has 0 aliphatic rings. The van der Waals surface area contributed by atoms with Crippen molar-refractivity contribution in [2.45, 2.75) is 32.1 Å². The maximum atomic E-state index is 13.7. The van der Waals surface area contributed by atoms with Crippen LogP contribution in [0.25, 0.3) is 22.2 Å². The molecule has 0 bridgehead atoms. The first-order chi connectivity index (χ1) is 17.8. The summed E-state index contributed by atoms with van der Waals surface area (Å²) >= 11 is 0. The number of amides is 2. The molecular weight excluding hydrogens is 508 g/mol. The Morgan fingerprint density at radius 3 is 2.50 bits per heavy atom. The van der Waals surface area contributed by atoms with Crippen molar-refractivity contribution in [2.24, 2.45) is 5.73 Å². The Kier molecular flexibility index (Phi) is 6.55. The van der Waals surface area contributed by atoms with Gasteiger partial charge in [-0.15, -0.1) is 0 Å². The number of hydrogen-bond donors (Lipinski definition) is 4. The minimum absolute atomic E-state index is 0.00578. The highest BCUT2D eigenvalue weighted by atomic mass is 19.4. The van der Waals surface area contributed by atoms with Crippen molar-refractivity contribution in [3.8, 4) is 17.0 Å². The van der Waals surface area contributed by atoms with Gasteiger partial charge in [0.1, 0.15) is 28.6 Å². The Labute approximate surface area is 213 Å². The molecule has 0 atom stereocenters. The predicted molar refractivity (Wildman–Crippen MR) is 132 cm³/mol. The summed E-state index contributed by atoms with van der Waals surface area (Å²) in [6, 6.07) is 8.34. The molecule has 38 heavy (non-hydrogen) atoms. The number of nitrogens with zero attached hydrogens (tertiary/aromatic N) is 2. The van der Waals surface area contributed by atoms with Gasteiger partial charge in [0, 0.05) is 23.7 Å². The summed E-state index contributed by atoms with van der Waals surface area (Å²) in [6.45, 7) is 1.78. The van der Waals surface area contributed by atoms with Crippen LogP contribution in [0.4, 0.5) is 23.4 Å². The zero-order chi connectivity index (χ0) is 28.0. The van der Waals surface area contributed by atoms with Crippen molar-refractivity contribution in [1.29, 1.82) is 0 Å². The fraction of sp³-hybridized carbons (Fsp3) is 0.240. The van der Waals surface area contributed by atoms with Crippen LogP contribution in [0.2, 0.25) is 0 Å². The van der Waals surface area contributed by atoms with E-state index in [1.807, 2.05) is 0 Å². The van der Waals surface area contributed by atoms with Gasteiger partial charge in [-0.1, -0.05) is 12.1 Å². The topological polar surface area (TPSA) is 141 Å². The predicted octanol–water partition coefficient (Wildman–Crippen LogP) is 4.09. The van der Waals surface area contributed by atoms with Crippen LogP contribution in [0.3, 0.4) is 0 Å². The highest BCUT2D eigenvalue weighted by molar-refractivity contribution is 6.07. The summed E-state index contributed by atoms with van der Waals surface area (Å²) in [5.41, 5.74) is 9.89. The van der Waals surface area contributed by atoms with Crippen LogP contribution in [0.15, 0.2) is 42.6 Å². The zero-order valence-electron chi connectivity index (χ0n) is 20.5. The molecule has 0 aliphatic heterocycles. The molecule has 200 valence electrons. The SMILES string of the molecule is COc1ccc(F)cc1C(=O)NCc1ccc(-c2nn(C(C)(C)C(F)(F)F)c(N)c2C(N)=O)c2cc[nH]c12. The Morgan fingerprint density at radius 1 is 1.16 bits per heavy atom. The summed E-state index contributed by atoms with van der Waals surface area (Å²) in [7, 11) is 1.36. The van der Waals surface area contributed by atoms with E-state index in [9.17, 15) is 27.2 Å². The van der Waals surface area contributed by atoms with Gasteiger partial charge in [0.2, 0.25) is 0 Å². The molecule has 0 fully saturated rings. The number of rotatable bonds is 7. The van der Waals surface area contributed by atoms with Crippen molar-refractivity contribution in [1.82, 2.24) is 20.1 Å². The second kappa shape index (κ2) is 9.39. The lowest BCUT2D eigenvalue weighted by atomic mass is 10.00. The fourth-order valence-corrected chi connectivity index (χ4v) is 4.11. The molecular formula is C25H24F4N6O3. The summed E-state index contributed by atoms with van der Waals surface area (Å²) in [4.78, 5) is 28.0. The van der Waals surface area contributed by atoms with Crippen LogP contribution >= 0.6 is 0 Å². The number of aromatic nitrogens is 3. The third-order valence-electron chi connectivity index (χ3n) is 6.30. The van der Waals surface area contributed by atoms with Crippen molar-refractivity contribution >= 4 is 28.5 Å². The van der Waals surface area contributed by atoms with Gasteiger partial charge in [0.25, 0.3) is 11.8 Å². The quantitative estimate of drug-likeness (QED) is 0.266. The van der Waals surface area contributed by atoms with E-state index in [1.54, 1.807) is 24.4 Å². The molecule has 4 rings (SSSR count). The summed E-state index contributed by atoms with van der Waals surface area (Å²) in [5, 5.41) is 7.27. The molecule has 9 nitrogen and oxygen atoms in total. The molecule has 2 aromatic carbocycles. The zero-order valence-corrected chi connectivity index (χ0v) is 20.5. The van der Waals surface area contributed by atoms with Gasteiger partial charge in [-0.05, 0) is 43.7 Å². The van der Waals surface area contributed by atoms with E-state index in [0.717, 1.165) is 19.9 Å². The van der Waals surface area contributed by atoms with Gasteiger partial charge < -0.3 is 26.5 Å². The van der Waals surface area contributed by atoms with E-state index in [-0.39, 0.29) is 29.1 Å². The summed E-state index contributed by atoms with van der Waals surface area (Å²) in [6.07, 6.45) is -3.14. The number of H-pyrrole nitrogens is 1. The first-order valence-electron chi connectivity index (χ1n) is 11.2. The number of primary amides is 1. The molecule has 0 saturated heterocycles. The number of nitrogens with two attached hydrogens (primary N) is 2. The van der Waals surface area contributed by atoms with Gasteiger partial charge in [-0.2, -0.15) is 18.3 Å². The summed E-state index contributed by atoms with van der Waals surface area (Å²) in [5.74, 6) is -2.55. The Hall–Kier alpha value is -4.55. The van der Waals surface area contributed by atoms with E-state index in [4.69, 9.17) is 16.2 Å². The number of nitrogen functional groups attached to an aromatic ring is 1. The molecule has 13 heteroatoms. The molecule has 0 spiro atoms. The third-order valence-corrected chi connectivity index (χ3v) is 6.30. The second-order valence-electron chi connectivity index (χ2n) is 9.01. The lowest BCUT2D eigenvalue weighted by Crippen LogP contribution is -2.43. The third kappa shape index (κ3) is 4.40. The van der Waals surface area contributed by atoms with E-state index >= 15 is 0 Å². The molecule has 0 radical (unpaired) electrons. The van der Waals surface area contributed by atoms with Crippen LogP contribution in [-0.2, 0) is 12.1 Å². The Morgan fingerprint density at radius 2 is 1.87 bits per heavy atom. The lowest BCUT2D eigenvalue weighted by Gasteiger charge is -2.29. The Balaban J connectivity index is 1.74. The number of nitrogens with one attached hydrogen (secondary N) is 2. The average molecular weight is 532 g/mol. The number of benzene rings is 2. The number of methoxy groups -OCH3 is 1. The summed E-state index contributed by atoms with van der Waals surface area (Å²) < 4.78 is 60.6. The number of halogens is 4. The number of fused-ring (bicyclic) bond motifs is 1. The Bertz CT molecular complexity index is 1550. The molecule has 6 N–H and O–H groups in total. The molecule has 4 aromatic rings. The highest BCUT2D eigenvalue weighted by Crippen LogP contribution is 2.41. The van der Waals surface area contributed by atoms with Crippen molar-refractivity contribution in [3.63, 3.8) is 0 Å². The highest BCUT2D eigenvalue weighted by Gasteiger charge is 2.51. The monoisotopic (exact) mass is 532 g/mol. The van der Waals surface area contributed by atoms with E-state index in [1.165, 1.54) is 19.2 Å². The van der Waals surface area contributed by atoms with Crippen LogP contribution in [0.1, 0.15) is 40.1 Å². The normalized spacial score (nSPS) is 12.1. The average Bonchev–Trinajstić information content (AvgIpc) is 3.47. The van der Waals surface area contributed by atoms with E-state index < -0.39 is 35.2 Å². The van der Waals surface area contributed by atoms with E-state index in [0.29, 0.717) is 26.7 Å². The maximum Gasteiger partial charge on any atom is 0.413 e. The maximum absolute atomic E-state index is 13.7. The van der Waals surface area contributed by atoms with Gasteiger partial charge in [0.15, 0.2) is 5.54 Å². The van der Waals surface area contributed by atoms with Gasteiger partial charge in [-0.25, -0.2) is 9.07 Å². The van der Waals surface area contributed by atoms with Gasteiger partial charge >= 0.3 is 6.18 Å². The van der Waals surface area contributed by atoms with Crippen molar-refractivity contribution in [3.05, 3.63) is 65.1 Å². The smallest absolute Gasteiger partial charge is 0.413 e. The van der Waals surface area contributed by atoms with Crippen LogP contribution < -0.4 is 21.5 Å². The standard InChI is InChI=1S/C25H24F4N6O3/c1-24(2,25(27,28)29)35-21(30)18(22(31)36)20(34-35)14-6-4-12(19-15(14)8-9-32-19)11-33-23(37)16-10-13(26)5-7-17(16)38-3/h4-10,32H,11,30H2,1-3H3,(H2,31,36)(H,33,37). The minimum Gasteiger partial charge on any atom is -0.496 e. The van der Waals surface area contributed by atoms with Crippen LogP contribution in [0, 0.1) is 5.82 Å². The molecule has 0 aliphatic carbocycles. The molecule has 2 aromatic heterocycles. The number of carbonyl (C=O) groups excluding carboxylic acids is 2. The van der Waals surface area contributed by atoms with Gasteiger partial charge in [0.05, 0.1) is 18.2 Å².